The fourth-order valence-corrected chi connectivity index (χ4v) is 4.62. The Morgan fingerprint density at radius 2 is 1.93 bits per heavy atom. The molecule has 0 aliphatic carbocycles. The van der Waals surface area contributed by atoms with Gasteiger partial charge >= 0.3 is 0 Å². The quantitative estimate of drug-likeness (QED) is 0.770. The van der Waals surface area contributed by atoms with Crippen molar-refractivity contribution in [3.63, 3.8) is 0 Å². The first kappa shape index (κ1) is 18.8. The van der Waals surface area contributed by atoms with Crippen LogP contribution in [0.2, 0.25) is 0 Å². The first-order valence-electron chi connectivity index (χ1n) is 9.74. The van der Waals surface area contributed by atoms with Crippen LogP contribution < -0.4 is 0 Å². The molecule has 3 aliphatic rings. The summed E-state index contributed by atoms with van der Waals surface area (Å²) in [7, 11) is 0. The van der Waals surface area contributed by atoms with Crippen LogP contribution in [0.15, 0.2) is 58.3 Å². The van der Waals surface area contributed by atoms with E-state index in [1.807, 2.05) is 22.9 Å². The van der Waals surface area contributed by atoms with E-state index in [0.29, 0.717) is 23.0 Å². The smallest absolute Gasteiger partial charge is 0.283 e. The Morgan fingerprint density at radius 3 is 2.73 bits per heavy atom. The number of aromatic nitrogens is 1. The predicted molar refractivity (Wildman–Crippen MR) is 116 cm³/mol. The lowest BCUT2D eigenvalue weighted by Crippen LogP contribution is -2.35. The van der Waals surface area contributed by atoms with Gasteiger partial charge in [-0.25, -0.2) is 4.39 Å². The number of carbonyl (C=O) groups is 1. The highest BCUT2D eigenvalue weighted by Crippen LogP contribution is 2.30. The number of benzene rings is 1. The molecule has 9 heteroatoms. The van der Waals surface area contributed by atoms with Gasteiger partial charge in [-0.05, 0) is 48.9 Å². The zero-order valence-corrected chi connectivity index (χ0v) is 16.9. The molecule has 1 aromatic carbocycles. The van der Waals surface area contributed by atoms with Gasteiger partial charge in [0.15, 0.2) is 11.0 Å². The molecule has 0 saturated carbocycles. The molecule has 5 rings (SSSR count). The molecule has 1 fully saturated rings. The molecule has 1 amide bonds. The van der Waals surface area contributed by atoms with Crippen LogP contribution in [0.25, 0.3) is 6.08 Å². The summed E-state index contributed by atoms with van der Waals surface area (Å²) < 4.78 is 15.9. The van der Waals surface area contributed by atoms with Crippen LogP contribution in [0.3, 0.4) is 0 Å². The fraction of sp³-hybridized carbons (Fsp3) is 0.238. The first-order valence-corrected chi connectivity index (χ1v) is 10.6. The van der Waals surface area contributed by atoms with E-state index in [0.717, 1.165) is 31.1 Å². The van der Waals surface area contributed by atoms with Crippen molar-refractivity contribution in [2.75, 3.05) is 13.1 Å². The fourth-order valence-electron chi connectivity index (χ4n) is 3.68. The summed E-state index contributed by atoms with van der Waals surface area (Å²) in [4.78, 5) is 19.0. The molecule has 2 aromatic rings. The minimum atomic E-state index is -0.463. The van der Waals surface area contributed by atoms with E-state index in [9.17, 15) is 9.18 Å². The second-order valence-electron chi connectivity index (χ2n) is 7.25. The van der Waals surface area contributed by atoms with Gasteiger partial charge in [-0.1, -0.05) is 18.2 Å². The Hall–Kier alpha value is -3.20. The Labute approximate surface area is 177 Å². The predicted octanol–water partition coefficient (Wildman–Crippen LogP) is 3.35. The molecule has 0 radical (unpaired) electrons. The number of amides is 1. The third-order valence-electron chi connectivity index (χ3n) is 5.28. The number of hydrogen-bond donors (Lipinski definition) is 1. The molecule has 0 unspecified atom stereocenters. The molecule has 0 bridgehead atoms. The van der Waals surface area contributed by atoms with Gasteiger partial charge in [0.1, 0.15) is 5.82 Å². The number of hydrogen-bond acceptors (Lipinski definition) is 5. The topological polar surface area (TPSA) is 77.0 Å². The van der Waals surface area contributed by atoms with E-state index in [2.05, 4.69) is 15.0 Å². The van der Waals surface area contributed by atoms with Gasteiger partial charge in [-0.15, -0.1) is 5.10 Å². The summed E-state index contributed by atoms with van der Waals surface area (Å²) >= 11 is 1.33. The normalized spacial score (nSPS) is 20.1. The number of amidine groups is 3. The van der Waals surface area contributed by atoms with Crippen LogP contribution in [0.4, 0.5) is 4.39 Å². The van der Waals surface area contributed by atoms with Crippen molar-refractivity contribution >= 4 is 39.9 Å². The van der Waals surface area contributed by atoms with E-state index in [-0.39, 0.29) is 17.2 Å². The van der Waals surface area contributed by atoms with Crippen LogP contribution in [-0.2, 0) is 11.3 Å². The van der Waals surface area contributed by atoms with Crippen molar-refractivity contribution < 1.29 is 9.18 Å². The number of thioether (sulfide) groups is 1. The molecule has 4 heterocycles. The molecule has 1 saturated heterocycles. The monoisotopic (exact) mass is 422 g/mol. The van der Waals surface area contributed by atoms with Gasteiger partial charge in [0, 0.05) is 30.5 Å². The lowest BCUT2D eigenvalue weighted by Gasteiger charge is -2.20. The summed E-state index contributed by atoms with van der Waals surface area (Å²) in [6.07, 6.45) is 5.68. The summed E-state index contributed by atoms with van der Waals surface area (Å²) in [6, 6.07) is 10.2. The lowest BCUT2D eigenvalue weighted by atomic mass is 10.1. The summed E-state index contributed by atoms with van der Waals surface area (Å²) in [5.74, 6) is -0.737. The standard InChI is InChI=1S/C21H19FN6OS/c22-17-8-2-1-6-14(17)13-27-11-5-7-15(27)12-16-18(23)28-20(24-19(16)29)30-21(25-28)26-9-3-4-10-26/h1-2,5-8,11-12,23H,3-4,9-10,13H2/b16-12-,23-18?. The third kappa shape index (κ3) is 3.35. The molecular weight excluding hydrogens is 403 g/mol. The van der Waals surface area contributed by atoms with E-state index in [1.165, 1.54) is 22.8 Å². The number of nitrogens with zero attached hydrogens (tertiary/aromatic N) is 5. The highest BCUT2D eigenvalue weighted by Gasteiger charge is 2.37. The maximum Gasteiger partial charge on any atom is 0.283 e. The third-order valence-corrected chi connectivity index (χ3v) is 6.25. The average molecular weight is 422 g/mol. The maximum absolute atomic E-state index is 14.0. The van der Waals surface area contributed by atoms with Crippen molar-refractivity contribution in [2.24, 2.45) is 10.1 Å². The lowest BCUT2D eigenvalue weighted by molar-refractivity contribution is -0.114. The molecule has 30 heavy (non-hydrogen) atoms. The molecule has 1 aromatic heterocycles. The Bertz CT molecular complexity index is 1130. The maximum atomic E-state index is 14.0. The van der Waals surface area contributed by atoms with Gasteiger partial charge in [-0.3, -0.25) is 10.2 Å². The molecule has 3 aliphatic heterocycles. The van der Waals surface area contributed by atoms with Crippen LogP contribution in [-0.4, -0.2) is 49.6 Å². The van der Waals surface area contributed by atoms with Crippen LogP contribution in [0.1, 0.15) is 24.1 Å². The number of halogens is 1. The number of fused-ring (bicyclic) bond motifs is 1. The van der Waals surface area contributed by atoms with E-state index in [4.69, 9.17) is 5.41 Å². The second-order valence-corrected chi connectivity index (χ2v) is 8.18. The van der Waals surface area contributed by atoms with Gasteiger partial charge in [0.05, 0.1) is 12.1 Å². The zero-order valence-electron chi connectivity index (χ0n) is 16.1. The number of aliphatic imine (C=N–C) groups is 1. The molecule has 0 atom stereocenters. The summed E-state index contributed by atoms with van der Waals surface area (Å²) in [5, 5.41) is 15.7. The first-order chi connectivity index (χ1) is 14.6. The van der Waals surface area contributed by atoms with Crippen molar-refractivity contribution in [3.05, 3.63) is 65.2 Å². The van der Waals surface area contributed by atoms with Gasteiger partial charge in [0.25, 0.3) is 5.91 Å². The van der Waals surface area contributed by atoms with Crippen LogP contribution in [0, 0.1) is 11.2 Å². The average Bonchev–Trinajstić information content (AvgIpc) is 3.48. The Balaban J connectivity index is 1.43. The molecule has 1 N–H and O–H groups in total. The molecule has 0 spiro atoms. The van der Waals surface area contributed by atoms with E-state index in [1.54, 1.807) is 24.3 Å². The Morgan fingerprint density at radius 1 is 1.13 bits per heavy atom. The van der Waals surface area contributed by atoms with Crippen LogP contribution in [0.5, 0.6) is 0 Å². The van der Waals surface area contributed by atoms with Crippen molar-refractivity contribution in [2.45, 2.75) is 19.4 Å². The van der Waals surface area contributed by atoms with Crippen LogP contribution >= 0.6 is 11.8 Å². The van der Waals surface area contributed by atoms with Gasteiger partial charge in [0.2, 0.25) is 5.17 Å². The minimum absolute atomic E-state index is 0.00494. The second kappa shape index (κ2) is 7.56. The number of likely N-dealkylation sites (tertiary alicyclic amines) is 1. The van der Waals surface area contributed by atoms with Crippen molar-refractivity contribution in [1.29, 1.82) is 5.41 Å². The number of nitrogens with one attached hydrogen (secondary N) is 1. The highest BCUT2D eigenvalue weighted by atomic mass is 32.2. The van der Waals surface area contributed by atoms with E-state index >= 15 is 0 Å². The number of carbonyl (C=O) groups excluding carboxylic acids is 1. The highest BCUT2D eigenvalue weighted by molar-refractivity contribution is 8.26. The van der Waals surface area contributed by atoms with Gasteiger partial charge in [-0.2, -0.15) is 10.0 Å². The van der Waals surface area contributed by atoms with Gasteiger partial charge < -0.3 is 9.47 Å². The van der Waals surface area contributed by atoms with Crippen molar-refractivity contribution in [3.8, 4) is 0 Å². The van der Waals surface area contributed by atoms with Crippen molar-refractivity contribution in [1.82, 2.24) is 14.5 Å². The summed E-state index contributed by atoms with van der Waals surface area (Å²) in [6.45, 7) is 2.19. The molecule has 7 nitrogen and oxygen atoms in total. The zero-order chi connectivity index (χ0) is 20.7. The Kier molecular flexibility index (Phi) is 4.74. The largest absolute Gasteiger partial charge is 0.349 e. The minimum Gasteiger partial charge on any atom is -0.349 e. The number of rotatable bonds is 3. The molecular formula is C21H19FN6OS. The molecule has 152 valence electrons. The number of hydrazone groups is 1. The van der Waals surface area contributed by atoms with E-state index < -0.39 is 5.91 Å². The SMILES string of the molecule is N=C1/C(=C/c2cccn2Cc2ccccc2F)C(=O)N=C2SC(N3CCCC3)=NN12. The summed E-state index contributed by atoms with van der Waals surface area (Å²) in [5.41, 5.74) is 1.41.